The fourth-order valence-corrected chi connectivity index (χ4v) is 2.26. The molecule has 0 radical (unpaired) electrons. The number of esters is 1. The number of carbonyl (C=O) groups is 1. The number of alkyl halides is 6. The molecular weight excluding hydrogens is 333 g/mol. The minimum atomic E-state index is -4.95. The van der Waals surface area contributed by atoms with Crippen LogP contribution in [0.25, 0.3) is 0 Å². The molecule has 0 aromatic rings. The molecule has 0 spiro atoms. The molecule has 0 aliphatic carbocycles. The Morgan fingerprint density at radius 3 is 1.67 bits per heavy atom. The van der Waals surface area contributed by atoms with Crippen molar-refractivity contribution >= 4 is 13.6 Å². The van der Waals surface area contributed by atoms with Gasteiger partial charge in [0.2, 0.25) is 0 Å². The zero-order valence-electron chi connectivity index (χ0n) is 11.0. The van der Waals surface area contributed by atoms with Crippen LogP contribution in [0.4, 0.5) is 26.3 Å². The number of rotatable bonds is 7. The standard InChI is InChI=1S/C9H13F6O5P/c1-6(2)20-7(16)3-21(17,18-4-8(10,11)12)19-5-9(13,14)15/h6H,3-5H2,1-2H3. The minimum absolute atomic E-state index is 0.698. The van der Waals surface area contributed by atoms with E-state index >= 15 is 0 Å². The van der Waals surface area contributed by atoms with E-state index in [2.05, 4.69) is 13.8 Å². The fourth-order valence-electron chi connectivity index (χ4n) is 0.930. The van der Waals surface area contributed by atoms with Crippen molar-refractivity contribution in [3.8, 4) is 0 Å². The number of carbonyl (C=O) groups excluding carboxylic acids is 1. The van der Waals surface area contributed by atoms with Crippen molar-refractivity contribution in [2.75, 3.05) is 19.4 Å². The topological polar surface area (TPSA) is 61.8 Å². The van der Waals surface area contributed by atoms with Crippen LogP contribution in [-0.4, -0.2) is 43.8 Å². The summed E-state index contributed by atoms with van der Waals surface area (Å²) in [5, 5.41) is 0. The first kappa shape index (κ1) is 20.2. The minimum Gasteiger partial charge on any atom is -0.462 e. The second-order valence-electron chi connectivity index (χ2n) is 4.08. The molecule has 0 saturated heterocycles. The summed E-state index contributed by atoms with van der Waals surface area (Å²) >= 11 is 0. The highest BCUT2D eigenvalue weighted by Crippen LogP contribution is 2.50. The summed E-state index contributed by atoms with van der Waals surface area (Å²) in [7, 11) is -4.94. The summed E-state index contributed by atoms with van der Waals surface area (Å²) in [4.78, 5) is 11.2. The number of halogens is 6. The largest absolute Gasteiger partial charge is 0.462 e. The molecule has 12 heteroatoms. The molecule has 0 atom stereocenters. The molecule has 0 amide bonds. The molecule has 0 aromatic carbocycles. The van der Waals surface area contributed by atoms with E-state index in [9.17, 15) is 35.7 Å². The molecule has 0 fully saturated rings. The Morgan fingerprint density at radius 1 is 1.00 bits per heavy atom. The lowest BCUT2D eigenvalue weighted by atomic mass is 10.5. The van der Waals surface area contributed by atoms with Crippen molar-refractivity contribution in [2.45, 2.75) is 32.3 Å². The molecule has 0 saturated carbocycles. The predicted octanol–water partition coefficient (Wildman–Crippen LogP) is 3.29. The van der Waals surface area contributed by atoms with Crippen LogP contribution >= 0.6 is 7.60 Å². The summed E-state index contributed by atoms with van der Waals surface area (Å²) in [5.74, 6) is -1.29. The Labute approximate surface area is 116 Å². The van der Waals surface area contributed by atoms with Gasteiger partial charge in [0.25, 0.3) is 0 Å². The lowest BCUT2D eigenvalue weighted by Gasteiger charge is -2.20. The van der Waals surface area contributed by atoms with Crippen LogP contribution in [0.5, 0.6) is 0 Å². The van der Waals surface area contributed by atoms with Crippen LogP contribution < -0.4 is 0 Å². The fraction of sp³-hybridized carbons (Fsp3) is 0.889. The van der Waals surface area contributed by atoms with Crippen LogP contribution in [0.2, 0.25) is 0 Å². The van der Waals surface area contributed by atoms with Gasteiger partial charge in [-0.05, 0) is 13.8 Å². The van der Waals surface area contributed by atoms with Gasteiger partial charge < -0.3 is 4.74 Å². The summed E-state index contributed by atoms with van der Waals surface area (Å²) in [6, 6.07) is 0. The summed E-state index contributed by atoms with van der Waals surface area (Å²) in [5.41, 5.74) is 0. The van der Waals surface area contributed by atoms with Gasteiger partial charge in [0.05, 0.1) is 6.10 Å². The van der Waals surface area contributed by atoms with Gasteiger partial charge in [0.1, 0.15) is 6.16 Å². The van der Waals surface area contributed by atoms with Gasteiger partial charge in [0, 0.05) is 0 Å². The summed E-state index contributed by atoms with van der Waals surface area (Å²) in [6.45, 7) is -1.46. The Morgan fingerprint density at radius 2 is 1.38 bits per heavy atom. The molecule has 0 bridgehead atoms. The van der Waals surface area contributed by atoms with Crippen molar-refractivity contribution in [3.05, 3.63) is 0 Å². The maximum atomic E-state index is 12.0. The quantitative estimate of drug-likeness (QED) is 0.402. The van der Waals surface area contributed by atoms with E-state index in [1.165, 1.54) is 13.8 Å². The maximum absolute atomic E-state index is 12.0. The van der Waals surface area contributed by atoms with Crippen molar-refractivity contribution < 1.29 is 49.5 Å². The molecule has 0 rings (SSSR count). The van der Waals surface area contributed by atoms with Crippen LogP contribution in [0.1, 0.15) is 13.8 Å². The van der Waals surface area contributed by atoms with Gasteiger partial charge in [-0.1, -0.05) is 0 Å². The van der Waals surface area contributed by atoms with Crippen molar-refractivity contribution in [3.63, 3.8) is 0 Å². The lowest BCUT2D eigenvalue weighted by Crippen LogP contribution is -2.23. The normalized spacial score (nSPS) is 13.6. The van der Waals surface area contributed by atoms with Crippen molar-refractivity contribution in [1.82, 2.24) is 0 Å². The Balaban J connectivity index is 4.82. The third-order valence-electron chi connectivity index (χ3n) is 1.54. The highest BCUT2D eigenvalue weighted by atomic mass is 31.2. The lowest BCUT2D eigenvalue weighted by molar-refractivity contribution is -0.166. The predicted molar refractivity (Wildman–Crippen MR) is 57.7 cm³/mol. The molecule has 0 aromatic heterocycles. The Kier molecular flexibility index (Phi) is 7.17. The smallest absolute Gasteiger partial charge is 0.412 e. The maximum Gasteiger partial charge on any atom is 0.412 e. The first-order chi connectivity index (χ1) is 9.22. The molecule has 126 valence electrons. The van der Waals surface area contributed by atoms with Gasteiger partial charge in [0.15, 0.2) is 13.2 Å². The average Bonchev–Trinajstić information content (AvgIpc) is 2.21. The van der Waals surface area contributed by atoms with Gasteiger partial charge in [-0.25, -0.2) is 0 Å². The third kappa shape index (κ3) is 11.5. The Bertz CT molecular complexity index is 369. The van der Waals surface area contributed by atoms with E-state index in [4.69, 9.17) is 0 Å². The molecular formula is C9H13F6O5P. The van der Waals surface area contributed by atoms with Gasteiger partial charge >= 0.3 is 25.9 Å². The second-order valence-corrected chi connectivity index (χ2v) is 6.14. The zero-order valence-corrected chi connectivity index (χ0v) is 11.8. The average molecular weight is 346 g/mol. The SMILES string of the molecule is CC(C)OC(=O)CP(=O)(OCC(F)(F)F)OCC(F)(F)F. The summed E-state index contributed by atoms with van der Waals surface area (Å²) in [6.07, 6.45) is -11.9. The van der Waals surface area contributed by atoms with Crippen LogP contribution in [0, 0.1) is 0 Å². The molecule has 0 unspecified atom stereocenters. The molecule has 5 nitrogen and oxygen atoms in total. The molecule has 0 N–H and O–H groups in total. The number of hydrogen-bond donors (Lipinski definition) is 0. The molecule has 0 aliphatic rings. The molecule has 0 aliphatic heterocycles. The van der Waals surface area contributed by atoms with Crippen molar-refractivity contribution in [1.29, 1.82) is 0 Å². The zero-order chi connectivity index (χ0) is 16.9. The van der Waals surface area contributed by atoms with E-state index in [-0.39, 0.29) is 0 Å². The van der Waals surface area contributed by atoms with E-state index < -0.39 is 51.4 Å². The van der Waals surface area contributed by atoms with Crippen molar-refractivity contribution in [2.24, 2.45) is 0 Å². The molecule has 21 heavy (non-hydrogen) atoms. The number of ether oxygens (including phenoxy) is 1. The van der Waals surface area contributed by atoms with E-state index in [1.807, 2.05) is 0 Å². The monoisotopic (exact) mass is 346 g/mol. The highest BCUT2D eigenvalue weighted by Gasteiger charge is 2.40. The molecule has 0 heterocycles. The van der Waals surface area contributed by atoms with Crippen LogP contribution in [0.3, 0.4) is 0 Å². The van der Waals surface area contributed by atoms with Crippen LogP contribution in [0.15, 0.2) is 0 Å². The van der Waals surface area contributed by atoms with Crippen LogP contribution in [-0.2, 0) is 23.1 Å². The van der Waals surface area contributed by atoms with Gasteiger partial charge in [-0.15, -0.1) is 0 Å². The van der Waals surface area contributed by atoms with E-state index in [1.54, 1.807) is 0 Å². The first-order valence-electron chi connectivity index (χ1n) is 5.43. The second kappa shape index (κ2) is 7.46. The van der Waals surface area contributed by atoms with Gasteiger partial charge in [-0.3, -0.25) is 18.4 Å². The van der Waals surface area contributed by atoms with E-state index in [0.717, 1.165) is 0 Å². The van der Waals surface area contributed by atoms with E-state index in [0.29, 0.717) is 0 Å². The highest BCUT2D eigenvalue weighted by molar-refractivity contribution is 7.54. The Hall–Kier alpha value is -0.800. The summed E-state index contributed by atoms with van der Waals surface area (Å²) < 4.78 is 95.7. The first-order valence-corrected chi connectivity index (χ1v) is 7.16. The van der Waals surface area contributed by atoms with Gasteiger partial charge in [-0.2, -0.15) is 26.3 Å². The third-order valence-corrected chi connectivity index (χ3v) is 3.23. The number of hydrogen-bond acceptors (Lipinski definition) is 5.